The molecule has 0 atom stereocenters. The smallest absolute Gasteiger partial charge is 0.311 e. The maximum Gasteiger partial charge on any atom is 0.311 e. The molecule has 0 unspecified atom stereocenters. The molecule has 108 valence electrons. The minimum absolute atomic E-state index is 0.171. The third-order valence-electron chi connectivity index (χ3n) is 3.78. The Kier molecular flexibility index (Phi) is 4.90. The Balaban J connectivity index is 2.04. The van der Waals surface area contributed by atoms with Gasteiger partial charge in [0, 0.05) is 15.7 Å². The summed E-state index contributed by atoms with van der Waals surface area (Å²) in [5.41, 5.74) is -0.350. The van der Waals surface area contributed by atoms with Gasteiger partial charge in [0.1, 0.15) is 0 Å². The zero-order valence-corrected chi connectivity index (χ0v) is 13.7. The normalized spacial score (nSPS) is 16.9. The van der Waals surface area contributed by atoms with Crippen LogP contribution in [0, 0.1) is 8.99 Å². The molecular formula is C14H15ClINO3. The lowest BCUT2D eigenvalue weighted by molar-refractivity contribution is -0.148. The summed E-state index contributed by atoms with van der Waals surface area (Å²) in [5.74, 6) is -1.10. The van der Waals surface area contributed by atoms with Gasteiger partial charge < -0.3 is 10.4 Å². The van der Waals surface area contributed by atoms with E-state index in [4.69, 9.17) is 11.6 Å². The largest absolute Gasteiger partial charge is 0.481 e. The number of amides is 1. The lowest BCUT2D eigenvalue weighted by atomic mass is 9.86. The van der Waals surface area contributed by atoms with Gasteiger partial charge in [0.25, 0.3) is 5.91 Å². The van der Waals surface area contributed by atoms with Crippen LogP contribution < -0.4 is 5.32 Å². The van der Waals surface area contributed by atoms with E-state index in [0.29, 0.717) is 23.4 Å². The van der Waals surface area contributed by atoms with E-state index in [-0.39, 0.29) is 12.5 Å². The van der Waals surface area contributed by atoms with Crippen LogP contribution in [0.1, 0.15) is 36.0 Å². The molecule has 1 fully saturated rings. The maximum atomic E-state index is 12.1. The zero-order chi connectivity index (χ0) is 14.8. The number of halogens is 2. The van der Waals surface area contributed by atoms with Crippen LogP contribution in [0.4, 0.5) is 0 Å². The Labute approximate surface area is 136 Å². The van der Waals surface area contributed by atoms with Gasteiger partial charge in [-0.3, -0.25) is 9.59 Å². The number of carboxylic acids is 1. The van der Waals surface area contributed by atoms with Crippen LogP contribution in [0.15, 0.2) is 18.2 Å². The Morgan fingerprint density at radius 1 is 1.35 bits per heavy atom. The minimum Gasteiger partial charge on any atom is -0.481 e. The minimum atomic E-state index is -0.823. The van der Waals surface area contributed by atoms with E-state index >= 15 is 0 Å². The number of hydrogen-bond donors (Lipinski definition) is 2. The highest BCUT2D eigenvalue weighted by Crippen LogP contribution is 2.37. The van der Waals surface area contributed by atoms with E-state index in [1.165, 1.54) is 0 Å². The van der Waals surface area contributed by atoms with Crippen molar-refractivity contribution in [3.63, 3.8) is 0 Å². The molecule has 0 aromatic heterocycles. The topological polar surface area (TPSA) is 66.4 Å². The number of benzene rings is 1. The summed E-state index contributed by atoms with van der Waals surface area (Å²) >= 11 is 8.07. The fourth-order valence-corrected chi connectivity index (χ4v) is 3.02. The molecular weight excluding hydrogens is 393 g/mol. The molecule has 1 saturated carbocycles. The summed E-state index contributed by atoms with van der Waals surface area (Å²) in [4.78, 5) is 23.5. The van der Waals surface area contributed by atoms with E-state index in [1.807, 2.05) is 0 Å². The van der Waals surface area contributed by atoms with Gasteiger partial charge in [0.15, 0.2) is 0 Å². The number of carbonyl (C=O) groups excluding carboxylic acids is 1. The molecule has 2 rings (SSSR count). The van der Waals surface area contributed by atoms with Gasteiger partial charge in [-0.2, -0.15) is 0 Å². The third kappa shape index (κ3) is 3.25. The number of carbonyl (C=O) groups is 2. The summed E-state index contributed by atoms with van der Waals surface area (Å²) in [6, 6.07) is 5.05. The zero-order valence-electron chi connectivity index (χ0n) is 10.8. The first-order valence-corrected chi connectivity index (χ1v) is 7.87. The van der Waals surface area contributed by atoms with Crippen molar-refractivity contribution in [2.24, 2.45) is 5.41 Å². The molecule has 0 aliphatic heterocycles. The van der Waals surface area contributed by atoms with E-state index < -0.39 is 11.4 Å². The molecule has 4 nitrogen and oxygen atoms in total. The summed E-state index contributed by atoms with van der Waals surface area (Å²) < 4.78 is 0.874. The van der Waals surface area contributed by atoms with Crippen molar-refractivity contribution >= 4 is 46.1 Å². The maximum absolute atomic E-state index is 12.1. The summed E-state index contributed by atoms with van der Waals surface area (Å²) in [6.07, 6.45) is 3.04. The van der Waals surface area contributed by atoms with Gasteiger partial charge in [0.05, 0.1) is 10.4 Å². The number of aliphatic carboxylic acids is 1. The van der Waals surface area contributed by atoms with Gasteiger partial charge in [0.2, 0.25) is 0 Å². The van der Waals surface area contributed by atoms with Gasteiger partial charge in [-0.25, -0.2) is 0 Å². The van der Waals surface area contributed by atoms with Crippen molar-refractivity contribution in [1.29, 1.82) is 0 Å². The molecule has 1 aliphatic rings. The molecule has 2 N–H and O–H groups in total. The van der Waals surface area contributed by atoms with Crippen LogP contribution >= 0.6 is 34.2 Å². The van der Waals surface area contributed by atoms with Crippen LogP contribution in [0.3, 0.4) is 0 Å². The molecule has 0 radical (unpaired) electrons. The SMILES string of the molecule is O=C(NCC1(C(=O)O)CCCC1)c1ccc(I)c(Cl)c1. The molecule has 0 heterocycles. The summed E-state index contributed by atoms with van der Waals surface area (Å²) in [7, 11) is 0. The van der Waals surface area contributed by atoms with Gasteiger partial charge in [-0.15, -0.1) is 0 Å². The Bertz CT molecular complexity index is 541. The first-order valence-electron chi connectivity index (χ1n) is 6.41. The number of rotatable bonds is 4. The van der Waals surface area contributed by atoms with E-state index in [9.17, 15) is 14.7 Å². The fraction of sp³-hybridized carbons (Fsp3) is 0.429. The van der Waals surface area contributed by atoms with Crippen molar-refractivity contribution in [2.45, 2.75) is 25.7 Å². The average molecular weight is 408 g/mol. The summed E-state index contributed by atoms with van der Waals surface area (Å²) in [6.45, 7) is 0.171. The van der Waals surface area contributed by atoms with E-state index in [2.05, 4.69) is 27.9 Å². The van der Waals surface area contributed by atoms with Gasteiger partial charge in [-0.1, -0.05) is 24.4 Å². The van der Waals surface area contributed by atoms with E-state index in [0.717, 1.165) is 16.4 Å². The molecule has 1 aliphatic carbocycles. The highest BCUT2D eigenvalue weighted by molar-refractivity contribution is 14.1. The van der Waals surface area contributed by atoms with Crippen molar-refractivity contribution in [1.82, 2.24) is 5.32 Å². The lowest BCUT2D eigenvalue weighted by Gasteiger charge is -2.24. The Hall–Kier alpha value is -0.820. The average Bonchev–Trinajstić information content (AvgIpc) is 2.89. The van der Waals surface area contributed by atoms with Crippen molar-refractivity contribution in [3.8, 4) is 0 Å². The molecule has 6 heteroatoms. The molecule has 0 saturated heterocycles. The highest BCUT2D eigenvalue weighted by atomic mass is 127. The predicted molar refractivity (Wildman–Crippen MR) is 85.0 cm³/mol. The number of nitrogens with one attached hydrogen (secondary N) is 1. The van der Waals surface area contributed by atoms with Crippen LogP contribution in [-0.4, -0.2) is 23.5 Å². The van der Waals surface area contributed by atoms with Crippen LogP contribution in [0.5, 0.6) is 0 Å². The highest BCUT2D eigenvalue weighted by Gasteiger charge is 2.41. The molecule has 0 spiro atoms. The second kappa shape index (κ2) is 6.30. The second-order valence-corrected chi connectivity index (χ2v) is 6.67. The first-order chi connectivity index (χ1) is 9.44. The fourth-order valence-electron chi connectivity index (χ4n) is 2.51. The van der Waals surface area contributed by atoms with Gasteiger partial charge >= 0.3 is 5.97 Å². The van der Waals surface area contributed by atoms with Crippen molar-refractivity contribution < 1.29 is 14.7 Å². The molecule has 0 bridgehead atoms. The summed E-state index contributed by atoms with van der Waals surface area (Å²) in [5, 5.41) is 12.6. The Morgan fingerprint density at radius 2 is 2.00 bits per heavy atom. The van der Waals surface area contributed by atoms with E-state index in [1.54, 1.807) is 18.2 Å². The first kappa shape index (κ1) is 15.6. The van der Waals surface area contributed by atoms with Crippen LogP contribution in [0.25, 0.3) is 0 Å². The molecule has 1 amide bonds. The van der Waals surface area contributed by atoms with Crippen molar-refractivity contribution in [2.75, 3.05) is 6.54 Å². The monoisotopic (exact) mass is 407 g/mol. The van der Waals surface area contributed by atoms with Crippen LogP contribution in [-0.2, 0) is 4.79 Å². The molecule has 20 heavy (non-hydrogen) atoms. The quantitative estimate of drug-likeness (QED) is 0.753. The number of hydrogen-bond acceptors (Lipinski definition) is 2. The molecule has 1 aromatic rings. The Morgan fingerprint density at radius 3 is 2.55 bits per heavy atom. The standard InChI is InChI=1S/C14H15ClINO3/c15-10-7-9(3-4-11(10)16)12(18)17-8-14(13(19)20)5-1-2-6-14/h3-4,7H,1-2,5-6,8H2,(H,17,18)(H,19,20). The van der Waals surface area contributed by atoms with Crippen LogP contribution in [0.2, 0.25) is 5.02 Å². The third-order valence-corrected chi connectivity index (χ3v) is 5.36. The molecule has 1 aromatic carbocycles. The van der Waals surface area contributed by atoms with Gasteiger partial charge in [-0.05, 0) is 53.6 Å². The predicted octanol–water partition coefficient (Wildman–Crippen LogP) is 3.32. The number of carboxylic acid groups (broad SMARTS) is 1. The van der Waals surface area contributed by atoms with Crippen molar-refractivity contribution in [3.05, 3.63) is 32.4 Å². The second-order valence-electron chi connectivity index (χ2n) is 5.10. The lowest BCUT2D eigenvalue weighted by Crippen LogP contribution is -2.41.